The van der Waals surface area contributed by atoms with Crippen LogP contribution in [-0.4, -0.2) is 9.91 Å². The Balaban J connectivity index is 2.37. The van der Waals surface area contributed by atoms with Crippen LogP contribution < -0.4 is 4.74 Å². The maximum absolute atomic E-state index is 10.9. The second-order valence-electron chi connectivity index (χ2n) is 3.31. The van der Waals surface area contributed by atoms with Gasteiger partial charge in [-0.1, -0.05) is 27.5 Å². The number of hydrogen-bond acceptors (Lipinski definition) is 4. The predicted octanol–water partition coefficient (Wildman–Crippen LogP) is 4.20. The molecule has 0 bridgehead atoms. The standard InChI is InChI=1S/C11H6BrClN2O3/c12-7-1-2-11(10(3-7)15(16)17)18-9-4-8(13)5-14-6-9/h1-6H. The number of rotatable bonds is 3. The van der Waals surface area contributed by atoms with Gasteiger partial charge >= 0.3 is 5.69 Å². The van der Waals surface area contributed by atoms with Crippen LogP contribution in [0.15, 0.2) is 41.1 Å². The van der Waals surface area contributed by atoms with Crippen LogP contribution in [0.3, 0.4) is 0 Å². The number of aromatic nitrogens is 1. The van der Waals surface area contributed by atoms with Crippen molar-refractivity contribution in [2.24, 2.45) is 0 Å². The van der Waals surface area contributed by atoms with E-state index in [0.29, 0.717) is 15.2 Å². The molecule has 0 aliphatic heterocycles. The molecule has 0 N–H and O–H groups in total. The zero-order valence-electron chi connectivity index (χ0n) is 8.84. The molecule has 0 atom stereocenters. The van der Waals surface area contributed by atoms with Crippen molar-refractivity contribution in [1.82, 2.24) is 4.98 Å². The summed E-state index contributed by atoms with van der Waals surface area (Å²) in [6.07, 6.45) is 2.88. The van der Waals surface area contributed by atoms with E-state index < -0.39 is 4.92 Å². The number of hydrogen-bond donors (Lipinski definition) is 0. The van der Waals surface area contributed by atoms with Gasteiger partial charge in [-0.2, -0.15) is 0 Å². The number of nitrogens with zero attached hydrogens (tertiary/aromatic N) is 2. The Morgan fingerprint density at radius 1 is 1.33 bits per heavy atom. The van der Waals surface area contributed by atoms with E-state index in [9.17, 15) is 10.1 Å². The second-order valence-corrected chi connectivity index (χ2v) is 4.66. The fraction of sp³-hybridized carbons (Fsp3) is 0. The van der Waals surface area contributed by atoms with E-state index in [4.69, 9.17) is 16.3 Å². The van der Waals surface area contributed by atoms with Crippen LogP contribution in [0.2, 0.25) is 5.02 Å². The third-order valence-electron chi connectivity index (χ3n) is 2.03. The first kappa shape index (κ1) is 12.8. The van der Waals surface area contributed by atoms with Crippen LogP contribution in [0.25, 0.3) is 0 Å². The molecule has 1 aromatic heterocycles. The van der Waals surface area contributed by atoms with E-state index in [1.807, 2.05) is 0 Å². The molecule has 5 nitrogen and oxygen atoms in total. The topological polar surface area (TPSA) is 65.3 Å². The molecule has 2 rings (SSSR count). The molecule has 0 unspecified atom stereocenters. The summed E-state index contributed by atoms with van der Waals surface area (Å²) in [5, 5.41) is 11.3. The van der Waals surface area contributed by atoms with Gasteiger partial charge in [-0.15, -0.1) is 0 Å². The molecule has 18 heavy (non-hydrogen) atoms. The molecule has 92 valence electrons. The summed E-state index contributed by atoms with van der Waals surface area (Å²) in [5.41, 5.74) is -0.135. The summed E-state index contributed by atoms with van der Waals surface area (Å²) in [5.74, 6) is 0.472. The van der Waals surface area contributed by atoms with Crippen LogP contribution in [0.1, 0.15) is 0 Å². The Bertz CT molecular complexity index is 607. The Labute approximate surface area is 116 Å². The number of nitro groups is 1. The van der Waals surface area contributed by atoms with E-state index in [1.165, 1.54) is 30.6 Å². The first-order chi connectivity index (χ1) is 8.56. The van der Waals surface area contributed by atoms with Gasteiger partial charge < -0.3 is 4.74 Å². The van der Waals surface area contributed by atoms with Crippen molar-refractivity contribution in [3.05, 3.63) is 56.3 Å². The lowest BCUT2D eigenvalue weighted by Gasteiger charge is -2.06. The predicted molar refractivity (Wildman–Crippen MR) is 70.1 cm³/mol. The number of pyridine rings is 1. The number of nitro benzene ring substituents is 1. The molecule has 0 aliphatic carbocycles. The molecule has 1 aromatic carbocycles. The van der Waals surface area contributed by atoms with Crippen LogP contribution in [0.5, 0.6) is 11.5 Å². The van der Waals surface area contributed by atoms with E-state index in [0.717, 1.165) is 0 Å². The van der Waals surface area contributed by atoms with Gasteiger partial charge in [0.25, 0.3) is 0 Å². The van der Waals surface area contributed by atoms with Gasteiger partial charge in [-0.25, -0.2) is 0 Å². The van der Waals surface area contributed by atoms with Gasteiger partial charge in [-0.3, -0.25) is 15.1 Å². The van der Waals surface area contributed by atoms with Crippen molar-refractivity contribution < 1.29 is 9.66 Å². The fourth-order valence-electron chi connectivity index (χ4n) is 1.29. The minimum atomic E-state index is -0.516. The minimum absolute atomic E-state index is 0.132. The average molecular weight is 330 g/mol. The quantitative estimate of drug-likeness (QED) is 0.625. The monoisotopic (exact) mass is 328 g/mol. The van der Waals surface area contributed by atoms with Gasteiger partial charge in [0.1, 0.15) is 5.75 Å². The number of benzene rings is 1. The molecular weight excluding hydrogens is 323 g/mol. The van der Waals surface area contributed by atoms with Crippen molar-refractivity contribution >= 4 is 33.2 Å². The maximum Gasteiger partial charge on any atom is 0.312 e. The zero-order valence-corrected chi connectivity index (χ0v) is 11.2. The SMILES string of the molecule is O=[N+]([O-])c1cc(Br)ccc1Oc1cncc(Cl)c1. The first-order valence-corrected chi connectivity index (χ1v) is 5.96. The van der Waals surface area contributed by atoms with Crippen molar-refractivity contribution in [3.8, 4) is 11.5 Å². The van der Waals surface area contributed by atoms with Crippen LogP contribution in [0, 0.1) is 10.1 Å². The highest BCUT2D eigenvalue weighted by molar-refractivity contribution is 9.10. The van der Waals surface area contributed by atoms with Crippen LogP contribution >= 0.6 is 27.5 Å². The molecule has 0 saturated carbocycles. The fourth-order valence-corrected chi connectivity index (χ4v) is 1.81. The van der Waals surface area contributed by atoms with Gasteiger partial charge in [-0.05, 0) is 12.1 Å². The molecule has 0 fully saturated rings. The van der Waals surface area contributed by atoms with Gasteiger partial charge in [0.05, 0.1) is 16.1 Å². The summed E-state index contributed by atoms with van der Waals surface area (Å²) in [6.45, 7) is 0. The lowest BCUT2D eigenvalue weighted by atomic mass is 10.3. The molecule has 1 heterocycles. The Morgan fingerprint density at radius 2 is 2.11 bits per heavy atom. The lowest BCUT2D eigenvalue weighted by Crippen LogP contribution is -1.93. The third kappa shape index (κ3) is 2.96. The lowest BCUT2D eigenvalue weighted by molar-refractivity contribution is -0.385. The normalized spacial score (nSPS) is 10.1. The molecule has 0 aliphatic rings. The Hall–Kier alpha value is -1.66. The Kier molecular flexibility index (Phi) is 3.78. The van der Waals surface area contributed by atoms with Crippen molar-refractivity contribution in [1.29, 1.82) is 0 Å². The summed E-state index contributed by atoms with van der Waals surface area (Å²) in [6, 6.07) is 6.05. The highest BCUT2D eigenvalue weighted by Crippen LogP contribution is 2.33. The van der Waals surface area contributed by atoms with Crippen LogP contribution in [0.4, 0.5) is 5.69 Å². The van der Waals surface area contributed by atoms with E-state index >= 15 is 0 Å². The maximum atomic E-state index is 10.9. The number of halogens is 2. The average Bonchev–Trinajstić information content (AvgIpc) is 2.31. The van der Waals surface area contributed by atoms with Gasteiger partial charge in [0.2, 0.25) is 5.75 Å². The summed E-state index contributed by atoms with van der Waals surface area (Å²) < 4.78 is 6.00. The highest BCUT2D eigenvalue weighted by atomic mass is 79.9. The minimum Gasteiger partial charge on any atom is -0.448 e. The second kappa shape index (κ2) is 5.32. The van der Waals surface area contributed by atoms with E-state index in [-0.39, 0.29) is 11.4 Å². The van der Waals surface area contributed by atoms with Crippen molar-refractivity contribution in [2.75, 3.05) is 0 Å². The summed E-state index contributed by atoms with van der Waals surface area (Å²) in [4.78, 5) is 14.2. The molecular formula is C11H6BrClN2O3. The molecule has 0 saturated heterocycles. The largest absolute Gasteiger partial charge is 0.448 e. The number of ether oxygens (including phenoxy) is 1. The summed E-state index contributed by atoms with van der Waals surface area (Å²) >= 11 is 8.92. The first-order valence-electron chi connectivity index (χ1n) is 4.78. The third-order valence-corrected chi connectivity index (χ3v) is 2.73. The summed E-state index contributed by atoms with van der Waals surface area (Å²) in [7, 11) is 0. The smallest absolute Gasteiger partial charge is 0.312 e. The molecule has 2 aromatic rings. The van der Waals surface area contributed by atoms with Crippen LogP contribution in [-0.2, 0) is 0 Å². The molecule has 7 heteroatoms. The van der Waals surface area contributed by atoms with Gasteiger partial charge in [0, 0.05) is 22.8 Å². The van der Waals surface area contributed by atoms with Crippen molar-refractivity contribution in [3.63, 3.8) is 0 Å². The highest BCUT2D eigenvalue weighted by Gasteiger charge is 2.16. The molecule has 0 amide bonds. The van der Waals surface area contributed by atoms with E-state index in [2.05, 4.69) is 20.9 Å². The van der Waals surface area contributed by atoms with Crippen molar-refractivity contribution in [2.45, 2.75) is 0 Å². The molecule has 0 spiro atoms. The zero-order chi connectivity index (χ0) is 13.1. The van der Waals surface area contributed by atoms with Gasteiger partial charge in [0.15, 0.2) is 0 Å². The Morgan fingerprint density at radius 3 is 2.78 bits per heavy atom. The molecule has 0 radical (unpaired) electrons. The van der Waals surface area contributed by atoms with E-state index in [1.54, 1.807) is 6.07 Å².